The topological polar surface area (TPSA) is 294 Å². The SMILES string of the molecule is [N-]=[N+]=NCCOCCOCCOCCOCCOCCOCCOCCOCCC(=O)N1CCN(c2cc(-n3nc(-c4ccc5oc(N)nc5c4)c4c(N)ncnc43)ncn2)CC1. The van der Waals surface area contributed by atoms with Crippen LogP contribution in [-0.2, 0) is 42.7 Å². The van der Waals surface area contributed by atoms with Gasteiger partial charge in [0.25, 0.3) is 6.01 Å². The molecule has 1 aromatic carbocycles. The Morgan fingerprint density at radius 1 is 0.698 bits per heavy atom. The van der Waals surface area contributed by atoms with E-state index in [-0.39, 0.29) is 24.2 Å². The molecule has 4 N–H and O–H groups in total. The molecule has 5 aromatic rings. The Labute approximate surface area is 362 Å². The summed E-state index contributed by atoms with van der Waals surface area (Å²) in [4.78, 5) is 41.5. The third kappa shape index (κ3) is 14.6. The van der Waals surface area contributed by atoms with Crippen LogP contribution in [0.3, 0.4) is 0 Å². The van der Waals surface area contributed by atoms with Crippen LogP contribution in [0.4, 0.5) is 17.7 Å². The molecule has 0 bridgehead atoms. The molecule has 4 aromatic heterocycles. The summed E-state index contributed by atoms with van der Waals surface area (Å²) in [6.45, 7) is 9.56. The highest BCUT2D eigenvalue weighted by Gasteiger charge is 2.24. The number of nitrogens with zero attached hydrogens (tertiary/aromatic N) is 12. The third-order valence-electron chi connectivity index (χ3n) is 9.45. The van der Waals surface area contributed by atoms with E-state index in [1.54, 1.807) is 10.7 Å². The number of carbonyl (C=O) groups is 1. The first-order valence-corrected chi connectivity index (χ1v) is 20.7. The first-order chi connectivity index (χ1) is 31.0. The molecule has 1 aliphatic heterocycles. The maximum absolute atomic E-state index is 12.9. The molecule has 63 heavy (non-hydrogen) atoms. The van der Waals surface area contributed by atoms with E-state index < -0.39 is 0 Å². The van der Waals surface area contributed by atoms with Gasteiger partial charge in [0.05, 0.1) is 118 Å². The number of nitrogen functional groups attached to an aromatic ring is 2. The van der Waals surface area contributed by atoms with Gasteiger partial charge in [-0.05, 0) is 23.7 Å². The maximum atomic E-state index is 12.9. The van der Waals surface area contributed by atoms with Gasteiger partial charge in [-0.15, -0.1) is 0 Å². The van der Waals surface area contributed by atoms with Gasteiger partial charge in [-0.25, -0.2) is 19.9 Å². The second-order valence-electron chi connectivity index (χ2n) is 13.7. The number of anilines is 3. The first kappa shape index (κ1) is 46.7. The van der Waals surface area contributed by atoms with Crippen molar-refractivity contribution in [3.8, 4) is 17.1 Å². The Morgan fingerprint density at radius 3 is 1.86 bits per heavy atom. The normalized spacial score (nSPS) is 13.0. The van der Waals surface area contributed by atoms with Gasteiger partial charge < -0.3 is 63.6 Å². The summed E-state index contributed by atoms with van der Waals surface area (Å²) in [6, 6.07) is 7.35. The van der Waals surface area contributed by atoms with Gasteiger partial charge >= 0.3 is 0 Å². The number of benzene rings is 1. The summed E-state index contributed by atoms with van der Waals surface area (Å²) < 4.78 is 50.8. The molecule has 340 valence electrons. The average Bonchev–Trinajstić information content (AvgIpc) is 3.89. The smallest absolute Gasteiger partial charge is 0.292 e. The lowest BCUT2D eigenvalue weighted by Gasteiger charge is -2.35. The van der Waals surface area contributed by atoms with E-state index in [0.29, 0.717) is 178 Å². The molecule has 0 aliphatic carbocycles. The monoisotopic (exact) mass is 878 g/mol. The van der Waals surface area contributed by atoms with Gasteiger partial charge in [0.2, 0.25) is 5.91 Å². The van der Waals surface area contributed by atoms with E-state index in [1.807, 2.05) is 23.1 Å². The number of piperazine rings is 1. The summed E-state index contributed by atoms with van der Waals surface area (Å²) in [6.07, 6.45) is 3.15. The molecule has 1 fully saturated rings. The van der Waals surface area contributed by atoms with E-state index in [4.69, 9.17) is 64.4 Å². The molecule has 0 saturated carbocycles. The summed E-state index contributed by atoms with van der Waals surface area (Å²) in [5.74, 6) is 1.50. The maximum Gasteiger partial charge on any atom is 0.292 e. The van der Waals surface area contributed by atoms with Crippen LogP contribution in [-0.4, -0.2) is 184 Å². The number of rotatable bonds is 30. The van der Waals surface area contributed by atoms with Crippen LogP contribution in [0.5, 0.6) is 0 Å². The third-order valence-corrected chi connectivity index (χ3v) is 9.45. The van der Waals surface area contributed by atoms with Gasteiger partial charge in [0, 0.05) is 49.3 Å². The van der Waals surface area contributed by atoms with Crippen molar-refractivity contribution in [2.45, 2.75) is 6.42 Å². The highest BCUT2D eigenvalue weighted by Crippen LogP contribution is 2.33. The van der Waals surface area contributed by atoms with Crippen molar-refractivity contribution < 1.29 is 47.1 Å². The Kier molecular flexibility index (Phi) is 19.2. The van der Waals surface area contributed by atoms with Gasteiger partial charge in [-0.1, -0.05) is 5.11 Å². The van der Waals surface area contributed by atoms with Crippen molar-refractivity contribution in [3.05, 3.63) is 47.4 Å². The van der Waals surface area contributed by atoms with E-state index in [0.717, 1.165) is 5.56 Å². The number of azide groups is 1. The van der Waals surface area contributed by atoms with Crippen molar-refractivity contribution in [1.82, 2.24) is 39.6 Å². The van der Waals surface area contributed by atoms with Crippen LogP contribution >= 0.6 is 0 Å². The molecule has 24 nitrogen and oxygen atoms in total. The Morgan fingerprint density at radius 2 is 1.25 bits per heavy atom. The lowest BCUT2D eigenvalue weighted by molar-refractivity contribution is -0.132. The lowest BCUT2D eigenvalue weighted by Crippen LogP contribution is -2.49. The van der Waals surface area contributed by atoms with Gasteiger partial charge in [0.1, 0.15) is 35.5 Å². The predicted molar refractivity (Wildman–Crippen MR) is 228 cm³/mol. The highest BCUT2D eigenvalue weighted by atomic mass is 16.6. The summed E-state index contributed by atoms with van der Waals surface area (Å²) >= 11 is 0. The molecular weight excluding hydrogens is 825 g/mol. The standard InChI is InChI=1S/C39H54N14O10/c40-37-35-36(29-1-2-31-30(25-29)48-39(41)63-31)49-53(38(35)46-28-45-37)33-26-32(43-27-44-33)51-5-7-52(8-6-51)34(54)3-9-55-11-13-57-15-17-59-19-21-61-23-24-62-22-20-60-18-16-58-14-12-56-10-4-47-50-42/h1-2,25-28H,3-24H2,(H2,41,48)(H2,40,45,46). The molecule has 0 radical (unpaired) electrons. The average molecular weight is 879 g/mol. The number of amides is 1. The molecule has 0 spiro atoms. The zero-order valence-electron chi connectivity index (χ0n) is 35.1. The Balaban J connectivity index is 0.771. The van der Waals surface area contributed by atoms with Gasteiger partial charge in [-0.3, -0.25) is 4.79 Å². The number of hydrogen-bond donors (Lipinski definition) is 2. The van der Waals surface area contributed by atoms with Crippen LogP contribution < -0.4 is 16.4 Å². The predicted octanol–water partition coefficient (Wildman–Crippen LogP) is 2.06. The lowest BCUT2D eigenvalue weighted by atomic mass is 10.1. The minimum absolute atomic E-state index is 0.0346. The second-order valence-corrected chi connectivity index (χ2v) is 13.7. The molecule has 1 aliphatic rings. The minimum atomic E-state index is 0.0346. The first-order valence-electron chi connectivity index (χ1n) is 20.7. The molecule has 24 heteroatoms. The number of ether oxygens (including phenoxy) is 8. The molecule has 6 rings (SSSR count). The molecule has 1 amide bonds. The number of hydrogen-bond acceptors (Lipinski definition) is 20. The molecule has 5 heterocycles. The number of aromatic nitrogens is 7. The summed E-state index contributed by atoms with van der Waals surface area (Å²) in [5.41, 5.74) is 23.2. The van der Waals surface area contributed by atoms with Gasteiger partial charge in [0.15, 0.2) is 17.0 Å². The van der Waals surface area contributed by atoms with Crippen LogP contribution in [0.25, 0.3) is 49.7 Å². The van der Waals surface area contributed by atoms with Crippen molar-refractivity contribution in [3.63, 3.8) is 0 Å². The van der Waals surface area contributed by atoms with Crippen LogP contribution in [0.1, 0.15) is 6.42 Å². The Bertz CT molecular complexity index is 2200. The van der Waals surface area contributed by atoms with Gasteiger partial charge in [-0.2, -0.15) is 14.8 Å². The summed E-state index contributed by atoms with van der Waals surface area (Å²) in [7, 11) is 0. The largest absolute Gasteiger partial charge is 0.424 e. The zero-order valence-corrected chi connectivity index (χ0v) is 35.1. The van der Waals surface area contributed by atoms with E-state index >= 15 is 0 Å². The van der Waals surface area contributed by atoms with Crippen molar-refractivity contribution >= 4 is 45.7 Å². The number of nitrogens with two attached hydrogens (primary N) is 2. The molecule has 1 saturated heterocycles. The fourth-order valence-electron chi connectivity index (χ4n) is 6.35. The zero-order chi connectivity index (χ0) is 43.9. The molecule has 0 atom stereocenters. The Hall–Kier alpha value is -5.82. The summed E-state index contributed by atoms with van der Waals surface area (Å²) in [5, 5.41) is 8.81. The van der Waals surface area contributed by atoms with Crippen LogP contribution in [0, 0.1) is 0 Å². The van der Waals surface area contributed by atoms with Crippen LogP contribution in [0.15, 0.2) is 46.5 Å². The fraction of sp³-hybridized carbons (Fsp3) is 0.564. The number of fused-ring (bicyclic) bond motifs is 2. The van der Waals surface area contributed by atoms with Crippen molar-refractivity contribution in [2.24, 2.45) is 5.11 Å². The molecular formula is C39H54N14O10. The fourth-order valence-corrected chi connectivity index (χ4v) is 6.35. The van der Waals surface area contributed by atoms with Crippen molar-refractivity contribution in [2.75, 3.05) is 155 Å². The number of carbonyl (C=O) groups excluding carboxylic acids is 1. The quantitative estimate of drug-likeness (QED) is 0.0289. The highest BCUT2D eigenvalue weighted by molar-refractivity contribution is 6.00. The van der Waals surface area contributed by atoms with E-state index in [9.17, 15) is 4.79 Å². The van der Waals surface area contributed by atoms with E-state index in [1.165, 1.54) is 12.7 Å². The second kappa shape index (κ2) is 26.0. The minimum Gasteiger partial charge on any atom is -0.424 e. The molecule has 0 unspecified atom stereocenters. The van der Waals surface area contributed by atoms with E-state index in [2.05, 4.69) is 39.8 Å². The number of oxazole rings is 1. The van der Waals surface area contributed by atoms with Crippen LogP contribution in [0.2, 0.25) is 0 Å². The van der Waals surface area contributed by atoms with Crippen molar-refractivity contribution in [1.29, 1.82) is 0 Å².